The summed E-state index contributed by atoms with van der Waals surface area (Å²) in [5.41, 5.74) is 1.61. The Morgan fingerprint density at radius 3 is 2.47 bits per heavy atom. The van der Waals surface area contributed by atoms with Crippen molar-refractivity contribution in [2.45, 2.75) is 36.4 Å². The van der Waals surface area contributed by atoms with Crippen molar-refractivity contribution in [3.05, 3.63) is 65.5 Å². The lowest BCUT2D eigenvalue weighted by molar-refractivity contribution is 0.102. The Balaban J connectivity index is 1.29. The quantitative estimate of drug-likeness (QED) is 0.376. The number of ketones is 1. The molecule has 8 nitrogen and oxygen atoms in total. The Hall–Kier alpha value is -2.69. The summed E-state index contributed by atoms with van der Waals surface area (Å²) in [6, 6.07) is 13.8. The molecule has 0 radical (unpaired) electrons. The zero-order valence-corrected chi connectivity index (χ0v) is 19.3. The fraction of sp³-hybridized carbons (Fsp3) is 0.318. The minimum atomic E-state index is -3.48. The highest BCUT2D eigenvalue weighted by atomic mass is 32.2. The van der Waals surface area contributed by atoms with E-state index in [1.54, 1.807) is 12.1 Å². The highest BCUT2D eigenvalue weighted by Gasteiger charge is 2.27. The maximum absolute atomic E-state index is 12.6. The lowest BCUT2D eigenvalue weighted by Gasteiger charge is -2.15. The van der Waals surface area contributed by atoms with Crippen molar-refractivity contribution < 1.29 is 17.9 Å². The Kier molecular flexibility index (Phi) is 6.92. The van der Waals surface area contributed by atoms with E-state index >= 15 is 0 Å². The van der Waals surface area contributed by atoms with E-state index in [1.807, 2.05) is 31.2 Å². The third-order valence-electron chi connectivity index (χ3n) is 5.12. The van der Waals surface area contributed by atoms with E-state index < -0.39 is 10.0 Å². The van der Waals surface area contributed by atoms with E-state index in [4.69, 9.17) is 4.74 Å². The Bertz CT molecular complexity index is 1170. The number of H-pyrrole nitrogens is 1. The van der Waals surface area contributed by atoms with Crippen molar-refractivity contribution in [1.82, 2.24) is 19.5 Å². The molecule has 1 saturated heterocycles. The van der Waals surface area contributed by atoms with Crippen LogP contribution in [0.15, 0.2) is 58.6 Å². The van der Waals surface area contributed by atoms with Gasteiger partial charge in [-0.2, -0.15) is 4.31 Å². The molecule has 1 fully saturated rings. The van der Waals surface area contributed by atoms with Gasteiger partial charge in [0.15, 0.2) is 11.6 Å². The number of aryl methyl sites for hydroxylation is 1. The maximum Gasteiger partial charge on any atom is 0.243 e. The van der Waals surface area contributed by atoms with Gasteiger partial charge in [0, 0.05) is 18.7 Å². The van der Waals surface area contributed by atoms with Gasteiger partial charge in [-0.05, 0) is 44.0 Å². The molecule has 4 rings (SSSR count). The van der Waals surface area contributed by atoms with Crippen LogP contribution in [-0.4, -0.2) is 52.5 Å². The lowest BCUT2D eigenvalue weighted by Crippen LogP contribution is -2.27. The minimum absolute atomic E-state index is 0.123. The van der Waals surface area contributed by atoms with Crippen LogP contribution in [0.3, 0.4) is 0 Å². The number of aromatic nitrogens is 3. The van der Waals surface area contributed by atoms with Crippen molar-refractivity contribution in [2.75, 3.05) is 18.8 Å². The maximum atomic E-state index is 12.6. The van der Waals surface area contributed by atoms with Crippen LogP contribution in [0.2, 0.25) is 0 Å². The van der Waals surface area contributed by atoms with Crippen molar-refractivity contribution in [3.63, 3.8) is 0 Å². The van der Waals surface area contributed by atoms with Crippen molar-refractivity contribution in [3.8, 4) is 5.75 Å². The molecule has 2 heterocycles. The summed E-state index contributed by atoms with van der Waals surface area (Å²) in [5, 5.41) is 7.37. The molecule has 168 valence electrons. The molecule has 0 saturated carbocycles. The number of carbonyl (C=O) groups excluding carboxylic acids is 1. The number of rotatable bonds is 9. The zero-order valence-electron chi connectivity index (χ0n) is 17.7. The fourth-order valence-corrected chi connectivity index (χ4v) is 5.53. The first-order valence-electron chi connectivity index (χ1n) is 10.3. The number of Topliss-reactive ketones (excluding diaryl/α,β-unsaturated/α-hetero) is 1. The minimum Gasteiger partial charge on any atom is -0.486 e. The van der Waals surface area contributed by atoms with Crippen molar-refractivity contribution in [1.29, 1.82) is 0 Å². The normalized spacial score (nSPS) is 14.5. The first-order valence-corrected chi connectivity index (χ1v) is 12.7. The topological polar surface area (TPSA) is 105 Å². The van der Waals surface area contributed by atoms with Gasteiger partial charge in [-0.1, -0.05) is 41.6 Å². The molecule has 0 atom stereocenters. The van der Waals surface area contributed by atoms with E-state index in [1.165, 1.54) is 28.2 Å². The number of hydrogen-bond acceptors (Lipinski definition) is 7. The first kappa shape index (κ1) is 22.5. The number of thioether (sulfide) groups is 1. The second kappa shape index (κ2) is 9.85. The summed E-state index contributed by atoms with van der Waals surface area (Å²) in [6.45, 7) is 3.36. The number of sulfonamides is 1. The highest BCUT2D eigenvalue weighted by Crippen LogP contribution is 2.22. The number of ether oxygens (including phenoxy) is 1. The van der Waals surface area contributed by atoms with Gasteiger partial charge in [0.25, 0.3) is 0 Å². The Morgan fingerprint density at radius 1 is 1.09 bits per heavy atom. The smallest absolute Gasteiger partial charge is 0.243 e. The SMILES string of the molecule is Cc1ccc(OCc2nc(SCC(=O)c3ccc(S(=O)(=O)N4CCCC4)cc3)n[nH]2)cc1. The van der Waals surface area contributed by atoms with Crippen LogP contribution in [0.25, 0.3) is 0 Å². The van der Waals surface area contributed by atoms with E-state index in [2.05, 4.69) is 15.2 Å². The molecular formula is C22H24N4O4S2. The first-order chi connectivity index (χ1) is 15.4. The summed E-state index contributed by atoms with van der Waals surface area (Å²) in [7, 11) is -3.48. The zero-order chi connectivity index (χ0) is 22.6. The average molecular weight is 473 g/mol. The third kappa shape index (κ3) is 5.37. The second-order valence-electron chi connectivity index (χ2n) is 7.51. The van der Waals surface area contributed by atoms with Gasteiger partial charge in [0.2, 0.25) is 15.2 Å². The summed E-state index contributed by atoms with van der Waals surface area (Å²) in [6.07, 6.45) is 1.77. The molecule has 0 aliphatic carbocycles. The van der Waals surface area contributed by atoms with Crippen LogP contribution in [-0.2, 0) is 16.6 Å². The van der Waals surface area contributed by atoms with Crippen molar-refractivity contribution >= 4 is 27.6 Å². The van der Waals surface area contributed by atoms with Gasteiger partial charge in [-0.3, -0.25) is 9.89 Å². The molecule has 3 aromatic rings. The van der Waals surface area contributed by atoms with Gasteiger partial charge in [-0.15, -0.1) is 5.10 Å². The Morgan fingerprint density at radius 2 is 1.78 bits per heavy atom. The van der Waals surface area contributed by atoms with Crippen LogP contribution in [0, 0.1) is 6.92 Å². The molecule has 32 heavy (non-hydrogen) atoms. The standard InChI is InChI=1S/C22H24N4O4S2/c1-16-4-8-18(9-5-16)30-14-21-23-22(25-24-21)31-15-20(27)17-6-10-19(11-7-17)32(28,29)26-12-2-3-13-26/h4-11H,2-3,12-15H2,1H3,(H,23,24,25). The van der Waals surface area contributed by atoms with E-state index in [9.17, 15) is 13.2 Å². The van der Waals surface area contributed by atoms with Crippen LogP contribution >= 0.6 is 11.8 Å². The molecule has 1 aromatic heterocycles. The van der Waals surface area contributed by atoms with Gasteiger partial charge in [0.1, 0.15) is 12.4 Å². The van der Waals surface area contributed by atoms with E-state index in [0.717, 1.165) is 24.2 Å². The largest absolute Gasteiger partial charge is 0.486 e. The van der Waals surface area contributed by atoms with Crippen molar-refractivity contribution in [2.24, 2.45) is 0 Å². The van der Waals surface area contributed by atoms with Gasteiger partial charge < -0.3 is 4.74 Å². The molecule has 10 heteroatoms. The number of hydrogen-bond donors (Lipinski definition) is 1. The predicted octanol–water partition coefficient (Wildman–Crippen LogP) is 3.45. The van der Waals surface area contributed by atoms with Gasteiger partial charge in [-0.25, -0.2) is 13.4 Å². The molecule has 0 spiro atoms. The molecule has 1 aliphatic heterocycles. The monoisotopic (exact) mass is 472 g/mol. The molecular weight excluding hydrogens is 448 g/mol. The highest BCUT2D eigenvalue weighted by molar-refractivity contribution is 7.99. The summed E-state index contributed by atoms with van der Waals surface area (Å²) < 4.78 is 32.3. The number of aromatic amines is 1. The number of benzene rings is 2. The predicted molar refractivity (Wildman–Crippen MR) is 121 cm³/mol. The van der Waals surface area contributed by atoms with Crippen LogP contribution < -0.4 is 4.74 Å². The number of carbonyl (C=O) groups is 1. The Labute approximate surface area is 191 Å². The van der Waals surface area contributed by atoms with E-state index in [-0.39, 0.29) is 23.0 Å². The number of nitrogens with zero attached hydrogens (tertiary/aromatic N) is 3. The molecule has 1 aliphatic rings. The average Bonchev–Trinajstić information content (AvgIpc) is 3.50. The number of nitrogens with one attached hydrogen (secondary N) is 1. The molecule has 2 aromatic carbocycles. The van der Waals surface area contributed by atoms with Crippen LogP contribution in [0.1, 0.15) is 34.6 Å². The van der Waals surface area contributed by atoms with E-state index in [0.29, 0.717) is 29.6 Å². The third-order valence-corrected chi connectivity index (χ3v) is 7.88. The fourth-order valence-electron chi connectivity index (χ4n) is 3.30. The lowest BCUT2D eigenvalue weighted by atomic mass is 10.1. The van der Waals surface area contributed by atoms with Crippen LogP contribution in [0.5, 0.6) is 5.75 Å². The van der Waals surface area contributed by atoms with Gasteiger partial charge in [0.05, 0.1) is 10.6 Å². The summed E-state index contributed by atoms with van der Waals surface area (Å²) >= 11 is 1.21. The summed E-state index contributed by atoms with van der Waals surface area (Å²) in [4.78, 5) is 17.1. The molecule has 0 unspecified atom stereocenters. The molecule has 0 amide bonds. The van der Waals surface area contributed by atoms with Gasteiger partial charge >= 0.3 is 0 Å². The molecule has 0 bridgehead atoms. The molecule has 1 N–H and O–H groups in total. The van der Waals surface area contributed by atoms with Crippen LogP contribution in [0.4, 0.5) is 0 Å². The summed E-state index contributed by atoms with van der Waals surface area (Å²) in [5.74, 6) is 1.33. The second-order valence-corrected chi connectivity index (χ2v) is 10.4.